The monoisotopic (exact) mass is 245 g/mol. The Morgan fingerprint density at radius 3 is 2.88 bits per heavy atom. The van der Waals surface area contributed by atoms with Crippen molar-refractivity contribution in [3.05, 3.63) is 29.2 Å². The summed E-state index contributed by atoms with van der Waals surface area (Å²) in [6.07, 6.45) is 3.04. The van der Waals surface area contributed by atoms with Gasteiger partial charge in [0.2, 0.25) is 5.82 Å². The zero-order valence-electron chi connectivity index (χ0n) is 8.57. The number of aromatic nitrogens is 4. The summed E-state index contributed by atoms with van der Waals surface area (Å²) in [5.41, 5.74) is 7.00. The minimum atomic E-state index is 0.271. The van der Waals surface area contributed by atoms with Crippen LogP contribution in [-0.4, -0.2) is 20.1 Å². The second-order valence-electron chi connectivity index (χ2n) is 3.23. The van der Waals surface area contributed by atoms with Crippen LogP contribution in [0.2, 0.25) is 0 Å². The molecule has 7 heteroatoms. The third kappa shape index (κ3) is 1.76. The molecule has 0 amide bonds. The van der Waals surface area contributed by atoms with Crippen molar-refractivity contribution in [2.24, 2.45) is 0 Å². The summed E-state index contributed by atoms with van der Waals surface area (Å²) in [6.45, 7) is 0. The lowest BCUT2D eigenvalue weighted by molar-refractivity contribution is 0.431. The molecule has 3 rings (SSSR count). The molecule has 0 aliphatic rings. The van der Waals surface area contributed by atoms with Crippen molar-refractivity contribution in [3.63, 3.8) is 0 Å². The molecule has 0 aromatic carbocycles. The molecule has 17 heavy (non-hydrogen) atoms. The van der Waals surface area contributed by atoms with E-state index in [1.165, 1.54) is 12.4 Å². The normalized spacial score (nSPS) is 10.6. The Labute approximate surface area is 100 Å². The molecule has 6 nitrogen and oxygen atoms in total. The predicted octanol–water partition coefficient (Wildman–Crippen LogP) is 1.84. The number of rotatable bonds is 2. The zero-order valence-corrected chi connectivity index (χ0v) is 9.39. The number of nitrogens with two attached hydrogens (primary N) is 1. The van der Waals surface area contributed by atoms with Gasteiger partial charge in [-0.2, -0.15) is 16.3 Å². The lowest BCUT2D eigenvalue weighted by Crippen LogP contribution is -1.95. The van der Waals surface area contributed by atoms with Gasteiger partial charge in [-0.05, 0) is 11.4 Å². The van der Waals surface area contributed by atoms with Crippen LogP contribution in [0.4, 0.5) is 5.82 Å². The molecule has 2 N–H and O–H groups in total. The first-order valence-corrected chi connectivity index (χ1v) is 5.72. The molecule has 0 atom stereocenters. The fraction of sp³-hybridized carbons (Fsp3) is 0. The second kappa shape index (κ2) is 3.95. The van der Waals surface area contributed by atoms with Crippen LogP contribution < -0.4 is 5.73 Å². The SMILES string of the molecule is Nc1nccnc1-c1nc(-c2ccsc2)no1. The van der Waals surface area contributed by atoms with Crippen molar-refractivity contribution in [1.82, 2.24) is 20.1 Å². The average Bonchev–Trinajstić information content (AvgIpc) is 3.00. The number of hydrogen-bond acceptors (Lipinski definition) is 7. The van der Waals surface area contributed by atoms with E-state index in [9.17, 15) is 0 Å². The average molecular weight is 245 g/mol. The molecule has 3 aromatic heterocycles. The van der Waals surface area contributed by atoms with Crippen LogP contribution in [-0.2, 0) is 0 Å². The summed E-state index contributed by atoms with van der Waals surface area (Å²) in [5.74, 6) is 1.07. The third-order valence-electron chi connectivity index (χ3n) is 2.13. The van der Waals surface area contributed by atoms with E-state index in [0.717, 1.165) is 5.56 Å². The first-order valence-electron chi connectivity index (χ1n) is 4.78. The molecule has 0 unspecified atom stereocenters. The Balaban J connectivity index is 2.04. The highest BCUT2D eigenvalue weighted by Gasteiger charge is 2.14. The van der Waals surface area contributed by atoms with Crippen LogP contribution in [0.3, 0.4) is 0 Å². The van der Waals surface area contributed by atoms with E-state index >= 15 is 0 Å². The molecular formula is C10H7N5OS. The van der Waals surface area contributed by atoms with E-state index in [2.05, 4.69) is 20.1 Å². The molecule has 0 fully saturated rings. The van der Waals surface area contributed by atoms with Gasteiger partial charge in [-0.25, -0.2) is 9.97 Å². The smallest absolute Gasteiger partial charge is 0.280 e. The van der Waals surface area contributed by atoms with E-state index in [1.807, 2.05) is 16.8 Å². The molecular weight excluding hydrogens is 238 g/mol. The summed E-state index contributed by atoms with van der Waals surface area (Å²) in [4.78, 5) is 12.2. The molecule has 3 aromatic rings. The van der Waals surface area contributed by atoms with Gasteiger partial charge in [0.25, 0.3) is 5.89 Å². The van der Waals surface area contributed by atoms with Crippen LogP contribution in [0, 0.1) is 0 Å². The van der Waals surface area contributed by atoms with Crippen LogP contribution in [0.1, 0.15) is 0 Å². The topological polar surface area (TPSA) is 90.7 Å². The molecule has 84 valence electrons. The van der Waals surface area contributed by atoms with E-state index in [1.54, 1.807) is 11.3 Å². The van der Waals surface area contributed by atoms with Gasteiger partial charge >= 0.3 is 0 Å². The molecule has 0 saturated carbocycles. The highest BCUT2D eigenvalue weighted by atomic mass is 32.1. The minimum absolute atomic E-state index is 0.271. The number of nitrogen functional groups attached to an aromatic ring is 1. The van der Waals surface area contributed by atoms with Crippen molar-refractivity contribution in [1.29, 1.82) is 0 Å². The van der Waals surface area contributed by atoms with Crippen molar-refractivity contribution in [2.75, 3.05) is 5.73 Å². The predicted molar refractivity (Wildman–Crippen MR) is 63.0 cm³/mol. The number of anilines is 1. The van der Waals surface area contributed by atoms with Crippen molar-refractivity contribution >= 4 is 17.2 Å². The highest BCUT2D eigenvalue weighted by molar-refractivity contribution is 7.08. The van der Waals surface area contributed by atoms with Gasteiger partial charge in [-0.3, -0.25) is 0 Å². The van der Waals surface area contributed by atoms with Crippen LogP contribution in [0.25, 0.3) is 23.0 Å². The summed E-state index contributed by atoms with van der Waals surface area (Å²) in [5, 5.41) is 7.76. The summed E-state index contributed by atoms with van der Waals surface area (Å²) >= 11 is 1.57. The fourth-order valence-corrected chi connectivity index (χ4v) is 1.98. The maximum absolute atomic E-state index is 5.68. The van der Waals surface area contributed by atoms with Gasteiger partial charge < -0.3 is 10.3 Å². The summed E-state index contributed by atoms with van der Waals surface area (Å²) < 4.78 is 5.12. The molecule has 0 radical (unpaired) electrons. The Kier molecular flexibility index (Phi) is 2.30. The van der Waals surface area contributed by atoms with Crippen molar-refractivity contribution < 1.29 is 4.52 Å². The minimum Gasteiger partial charge on any atom is -0.382 e. The molecule has 0 aliphatic heterocycles. The Bertz CT molecular complexity index is 634. The zero-order chi connectivity index (χ0) is 11.7. The van der Waals surface area contributed by atoms with Gasteiger partial charge in [-0.15, -0.1) is 0 Å². The third-order valence-corrected chi connectivity index (χ3v) is 2.82. The fourth-order valence-electron chi connectivity index (χ4n) is 1.34. The maximum Gasteiger partial charge on any atom is 0.280 e. The lowest BCUT2D eigenvalue weighted by atomic mass is 10.3. The molecule has 0 saturated heterocycles. The van der Waals surface area contributed by atoms with Gasteiger partial charge in [0.05, 0.1) is 0 Å². The Hall–Kier alpha value is -2.28. The first kappa shape index (κ1) is 9.91. The quantitative estimate of drug-likeness (QED) is 0.740. The van der Waals surface area contributed by atoms with Crippen LogP contribution >= 0.6 is 11.3 Å². The van der Waals surface area contributed by atoms with Gasteiger partial charge in [0.15, 0.2) is 11.5 Å². The lowest BCUT2D eigenvalue weighted by Gasteiger charge is -1.95. The van der Waals surface area contributed by atoms with Gasteiger partial charge in [0.1, 0.15) is 0 Å². The first-order chi connectivity index (χ1) is 8.34. The second-order valence-corrected chi connectivity index (χ2v) is 4.01. The maximum atomic E-state index is 5.68. The standard InChI is InChI=1S/C10H7N5OS/c11-8-7(12-2-3-13-8)10-14-9(15-16-10)6-1-4-17-5-6/h1-5H,(H2,11,13). The Morgan fingerprint density at radius 2 is 2.12 bits per heavy atom. The number of hydrogen-bond donors (Lipinski definition) is 1. The summed E-state index contributed by atoms with van der Waals surface area (Å²) in [6, 6.07) is 1.92. The summed E-state index contributed by atoms with van der Waals surface area (Å²) in [7, 11) is 0. The van der Waals surface area contributed by atoms with Gasteiger partial charge in [0, 0.05) is 23.3 Å². The van der Waals surface area contributed by atoms with Crippen molar-refractivity contribution in [2.45, 2.75) is 0 Å². The molecule has 0 bridgehead atoms. The van der Waals surface area contributed by atoms with Crippen molar-refractivity contribution in [3.8, 4) is 23.0 Å². The Morgan fingerprint density at radius 1 is 1.24 bits per heavy atom. The van der Waals surface area contributed by atoms with Crippen LogP contribution in [0.15, 0.2) is 33.7 Å². The van der Waals surface area contributed by atoms with Crippen LogP contribution in [0.5, 0.6) is 0 Å². The number of thiophene rings is 1. The van der Waals surface area contributed by atoms with E-state index in [0.29, 0.717) is 11.5 Å². The van der Waals surface area contributed by atoms with E-state index in [4.69, 9.17) is 10.3 Å². The number of nitrogens with zero attached hydrogens (tertiary/aromatic N) is 4. The highest BCUT2D eigenvalue weighted by Crippen LogP contribution is 2.24. The van der Waals surface area contributed by atoms with Gasteiger partial charge in [-0.1, -0.05) is 5.16 Å². The molecule has 0 spiro atoms. The molecule has 0 aliphatic carbocycles. The van der Waals surface area contributed by atoms with E-state index in [-0.39, 0.29) is 11.7 Å². The largest absolute Gasteiger partial charge is 0.382 e. The van der Waals surface area contributed by atoms with E-state index < -0.39 is 0 Å². The molecule has 3 heterocycles.